The average molecular weight is 472 g/mol. The summed E-state index contributed by atoms with van der Waals surface area (Å²) >= 11 is 0. The van der Waals surface area contributed by atoms with Crippen molar-refractivity contribution in [3.05, 3.63) is 88.9 Å². The Morgan fingerprint density at radius 1 is 1.00 bits per heavy atom. The van der Waals surface area contributed by atoms with Crippen LogP contribution in [0.15, 0.2) is 73.1 Å². The molecule has 0 aliphatic rings. The van der Waals surface area contributed by atoms with Gasteiger partial charge >= 0.3 is 5.69 Å². The Balaban J connectivity index is 1.49. The predicted octanol–water partition coefficient (Wildman–Crippen LogP) is 4.00. The van der Waals surface area contributed by atoms with E-state index < -0.39 is 4.92 Å². The van der Waals surface area contributed by atoms with E-state index in [1.165, 1.54) is 19.3 Å². The van der Waals surface area contributed by atoms with Gasteiger partial charge in [0, 0.05) is 36.4 Å². The summed E-state index contributed by atoms with van der Waals surface area (Å²) in [6.07, 6.45) is 2.60. The molecule has 0 saturated carbocycles. The zero-order valence-corrected chi connectivity index (χ0v) is 18.4. The number of carbonyl (C=O) groups is 1. The van der Waals surface area contributed by atoms with Crippen molar-refractivity contribution in [1.82, 2.24) is 20.3 Å². The molecule has 4 rings (SSSR count). The maximum atomic E-state index is 11.7. The molecule has 0 aliphatic heterocycles. The van der Waals surface area contributed by atoms with Crippen LogP contribution in [0.5, 0.6) is 11.5 Å². The Labute approximate surface area is 199 Å². The number of aromatic nitrogens is 3. The van der Waals surface area contributed by atoms with Crippen LogP contribution in [-0.2, 0) is 0 Å². The molecule has 0 radical (unpaired) electrons. The quantitative estimate of drug-likeness (QED) is 0.167. The Morgan fingerprint density at radius 3 is 2.51 bits per heavy atom. The summed E-state index contributed by atoms with van der Waals surface area (Å²) < 4.78 is 5.78. The number of carbonyl (C=O) groups excluding carboxylic acids is 1. The van der Waals surface area contributed by atoms with Crippen molar-refractivity contribution >= 4 is 40.4 Å². The molecule has 2 heterocycles. The molecule has 4 aromatic rings. The predicted molar refractivity (Wildman–Crippen MR) is 130 cm³/mol. The minimum Gasteiger partial charge on any atom is -0.457 e. The first-order valence-electron chi connectivity index (χ1n) is 10.3. The van der Waals surface area contributed by atoms with Gasteiger partial charge in [-0.3, -0.25) is 19.9 Å². The summed E-state index contributed by atoms with van der Waals surface area (Å²) in [4.78, 5) is 34.9. The Hall–Kier alpha value is -5.26. The van der Waals surface area contributed by atoms with E-state index >= 15 is 0 Å². The van der Waals surface area contributed by atoms with Crippen LogP contribution >= 0.6 is 0 Å². The zero-order valence-electron chi connectivity index (χ0n) is 18.4. The van der Waals surface area contributed by atoms with E-state index in [0.29, 0.717) is 28.6 Å². The highest BCUT2D eigenvalue weighted by molar-refractivity contribution is 5.92. The average Bonchev–Trinajstić information content (AvgIpc) is 2.85. The monoisotopic (exact) mass is 472 g/mol. The molecule has 2 aromatic carbocycles. The fourth-order valence-electron chi connectivity index (χ4n) is 3.01. The fraction of sp³-hybridized carbons (Fsp3) is 0.0435. The molecule has 12 heteroatoms. The minimum atomic E-state index is -0.570. The molecule has 35 heavy (non-hydrogen) atoms. The van der Waals surface area contributed by atoms with Gasteiger partial charge in [0.15, 0.2) is 0 Å². The van der Waals surface area contributed by atoms with Gasteiger partial charge in [0.25, 0.3) is 5.91 Å². The Bertz CT molecular complexity index is 1380. The lowest BCUT2D eigenvalue weighted by molar-refractivity contribution is -0.384. The number of nitrogens with one attached hydrogen (secondary N) is 3. The topological polar surface area (TPSA) is 170 Å². The molecule has 5 N–H and O–H groups in total. The van der Waals surface area contributed by atoms with Crippen molar-refractivity contribution in [3.63, 3.8) is 0 Å². The van der Waals surface area contributed by atoms with E-state index in [9.17, 15) is 14.9 Å². The van der Waals surface area contributed by atoms with Gasteiger partial charge in [0.2, 0.25) is 11.8 Å². The first kappa shape index (κ1) is 22.9. The molecule has 0 fully saturated rings. The van der Waals surface area contributed by atoms with E-state index in [0.717, 1.165) is 6.20 Å². The lowest BCUT2D eigenvalue weighted by Crippen LogP contribution is -2.18. The van der Waals surface area contributed by atoms with Gasteiger partial charge in [-0.1, -0.05) is 6.07 Å². The Morgan fingerprint density at radius 2 is 1.80 bits per heavy atom. The van der Waals surface area contributed by atoms with Crippen molar-refractivity contribution in [2.75, 3.05) is 23.4 Å². The molecule has 1 amide bonds. The molecule has 176 valence electrons. The summed E-state index contributed by atoms with van der Waals surface area (Å²) in [5.41, 5.74) is 7.42. The molecular weight excluding hydrogens is 452 g/mol. The summed E-state index contributed by atoms with van der Waals surface area (Å²) in [7, 11) is 1.52. The SMILES string of the molecule is CNC(=O)c1cc(Oc2ccc(Nc3ncc([N+](=O)[O-])c(Nc4cccc(N)c4)n3)cc2)ccn1. The van der Waals surface area contributed by atoms with E-state index in [1.54, 1.807) is 54.6 Å². The number of nitro groups is 1. The number of nitrogens with zero attached hydrogens (tertiary/aromatic N) is 4. The third-order valence-electron chi connectivity index (χ3n) is 4.65. The van der Waals surface area contributed by atoms with E-state index in [4.69, 9.17) is 10.5 Å². The number of anilines is 5. The van der Waals surface area contributed by atoms with Crippen LogP contribution in [-0.4, -0.2) is 32.8 Å². The summed E-state index contributed by atoms with van der Waals surface area (Å²) in [6, 6.07) is 16.8. The third kappa shape index (κ3) is 5.76. The van der Waals surface area contributed by atoms with Crippen molar-refractivity contribution in [2.45, 2.75) is 0 Å². The fourth-order valence-corrected chi connectivity index (χ4v) is 3.01. The van der Waals surface area contributed by atoms with Crippen LogP contribution in [0.1, 0.15) is 10.5 Å². The lowest BCUT2D eigenvalue weighted by atomic mass is 10.3. The third-order valence-corrected chi connectivity index (χ3v) is 4.65. The molecule has 0 aliphatic carbocycles. The van der Waals surface area contributed by atoms with Crippen molar-refractivity contribution in [3.8, 4) is 11.5 Å². The zero-order chi connectivity index (χ0) is 24.8. The van der Waals surface area contributed by atoms with Crippen molar-refractivity contribution in [1.29, 1.82) is 0 Å². The van der Waals surface area contributed by atoms with Gasteiger partial charge in [-0.15, -0.1) is 0 Å². The molecule has 0 atom stereocenters. The number of nitrogen functional groups attached to an aromatic ring is 1. The van der Waals surface area contributed by atoms with Crippen LogP contribution in [0.2, 0.25) is 0 Å². The van der Waals surface area contributed by atoms with Gasteiger partial charge in [-0.25, -0.2) is 4.98 Å². The number of nitrogens with two attached hydrogens (primary N) is 1. The molecular formula is C23H20N8O4. The van der Waals surface area contributed by atoms with E-state index in [1.807, 2.05) is 0 Å². The number of hydrogen-bond acceptors (Lipinski definition) is 10. The van der Waals surface area contributed by atoms with Crippen LogP contribution < -0.4 is 26.4 Å². The summed E-state index contributed by atoms with van der Waals surface area (Å²) in [6.45, 7) is 0. The number of ether oxygens (including phenoxy) is 1. The number of benzene rings is 2. The minimum absolute atomic E-state index is 0.0164. The van der Waals surface area contributed by atoms with Gasteiger partial charge in [0.05, 0.1) is 4.92 Å². The van der Waals surface area contributed by atoms with Gasteiger partial charge in [-0.2, -0.15) is 4.98 Å². The van der Waals surface area contributed by atoms with Gasteiger partial charge in [0.1, 0.15) is 23.4 Å². The van der Waals surface area contributed by atoms with Gasteiger partial charge < -0.3 is 26.4 Å². The molecule has 0 bridgehead atoms. The standard InChI is InChI=1S/C23H20N8O4/c1-25-22(32)19-12-18(9-10-26-19)35-17-7-5-15(6-8-17)29-23-27-13-20(31(33)34)21(30-23)28-16-4-2-3-14(24)11-16/h2-13H,24H2,1H3,(H,25,32)(H2,27,28,29,30). The highest BCUT2D eigenvalue weighted by Gasteiger charge is 2.18. The van der Waals surface area contributed by atoms with Crippen LogP contribution in [0.3, 0.4) is 0 Å². The Kier molecular flexibility index (Phi) is 6.63. The molecule has 12 nitrogen and oxygen atoms in total. The highest BCUT2D eigenvalue weighted by Crippen LogP contribution is 2.28. The maximum Gasteiger partial charge on any atom is 0.329 e. The van der Waals surface area contributed by atoms with E-state index in [2.05, 4.69) is 30.9 Å². The first-order chi connectivity index (χ1) is 16.9. The normalized spacial score (nSPS) is 10.3. The smallest absolute Gasteiger partial charge is 0.329 e. The second-order valence-corrected chi connectivity index (χ2v) is 7.14. The van der Waals surface area contributed by atoms with Crippen LogP contribution in [0.25, 0.3) is 0 Å². The second-order valence-electron chi connectivity index (χ2n) is 7.14. The van der Waals surface area contributed by atoms with Crippen molar-refractivity contribution in [2.24, 2.45) is 0 Å². The molecule has 0 saturated heterocycles. The number of amides is 1. The van der Waals surface area contributed by atoms with Gasteiger partial charge in [-0.05, 0) is 48.5 Å². The highest BCUT2D eigenvalue weighted by atomic mass is 16.6. The van der Waals surface area contributed by atoms with E-state index in [-0.39, 0.29) is 29.1 Å². The molecule has 0 spiro atoms. The van der Waals surface area contributed by atoms with Crippen molar-refractivity contribution < 1.29 is 14.5 Å². The summed E-state index contributed by atoms with van der Waals surface area (Å²) in [5.74, 6) is 0.832. The molecule has 0 unspecified atom stereocenters. The van der Waals surface area contributed by atoms with Crippen LogP contribution in [0, 0.1) is 10.1 Å². The maximum absolute atomic E-state index is 11.7. The summed E-state index contributed by atoms with van der Waals surface area (Å²) in [5, 5.41) is 19.8. The number of hydrogen-bond donors (Lipinski definition) is 4. The lowest BCUT2D eigenvalue weighted by Gasteiger charge is -2.10. The second kappa shape index (κ2) is 10.1. The first-order valence-corrected chi connectivity index (χ1v) is 10.3. The number of pyridine rings is 1. The number of rotatable bonds is 8. The molecule has 2 aromatic heterocycles. The van der Waals surface area contributed by atoms with Crippen LogP contribution in [0.4, 0.5) is 34.5 Å². The largest absolute Gasteiger partial charge is 0.457 e.